The molecule has 6 aromatic carbocycles. The first kappa shape index (κ1) is 29.3. The van der Waals surface area contributed by atoms with Crippen LogP contribution in [0.15, 0.2) is 173 Å². The Bertz CT molecular complexity index is 2700. The van der Waals surface area contributed by atoms with Gasteiger partial charge in [0.2, 0.25) is 0 Å². The summed E-state index contributed by atoms with van der Waals surface area (Å²) < 4.78 is 12.9. The minimum absolute atomic E-state index is 0.514. The highest BCUT2D eigenvalue weighted by atomic mass is 16.3. The minimum atomic E-state index is 0.514. The Morgan fingerprint density at radius 1 is 0.440 bits per heavy atom. The standard InChI is InChI=1S/C45H29N3O2/c1-2-3-21-39-42(41-34(20-13-24-38(41)50-39)33-19-12-23-37-40(33)35-18-10-11-22-36(35)49-37)45-47-43(31-16-8-5-9-17-31)46-44(48-45)32-27-25-30(26-28-32)29-14-6-4-7-15-29/h2-28H,1H2/b21-3-. The molecule has 0 saturated carbocycles. The Morgan fingerprint density at radius 3 is 1.66 bits per heavy atom. The molecular formula is C45H29N3O2. The molecule has 5 heteroatoms. The fourth-order valence-electron chi connectivity index (χ4n) is 6.66. The smallest absolute Gasteiger partial charge is 0.168 e. The Labute approximate surface area is 288 Å². The highest BCUT2D eigenvalue weighted by Crippen LogP contribution is 2.44. The van der Waals surface area contributed by atoms with Gasteiger partial charge in [0.1, 0.15) is 22.5 Å². The maximum Gasteiger partial charge on any atom is 0.168 e. The summed E-state index contributed by atoms with van der Waals surface area (Å²) >= 11 is 0. The van der Waals surface area contributed by atoms with Gasteiger partial charge in [-0.1, -0.05) is 146 Å². The number of fused-ring (bicyclic) bond motifs is 4. The SMILES string of the molecule is C=C/C=C\c1oc2cccc(-c3cccc4oc5ccccc5c34)c2c1-c1nc(-c2ccccc2)nc(-c2ccc(-c3ccccc3)cc2)n1. The molecule has 3 heterocycles. The summed E-state index contributed by atoms with van der Waals surface area (Å²) in [6.07, 6.45) is 5.52. The summed E-state index contributed by atoms with van der Waals surface area (Å²) in [5.41, 5.74) is 9.25. The first-order chi connectivity index (χ1) is 24.7. The van der Waals surface area contributed by atoms with Crippen LogP contribution in [0.1, 0.15) is 5.76 Å². The average molecular weight is 644 g/mol. The summed E-state index contributed by atoms with van der Waals surface area (Å²) in [5, 5.41) is 3.01. The van der Waals surface area contributed by atoms with Crippen LogP contribution in [0.25, 0.3) is 95.4 Å². The zero-order valence-electron chi connectivity index (χ0n) is 27.0. The molecule has 0 amide bonds. The fourth-order valence-corrected chi connectivity index (χ4v) is 6.66. The maximum absolute atomic E-state index is 6.60. The van der Waals surface area contributed by atoms with Crippen LogP contribution in [0.4, 0.5) is 0 Å². The van der Waals surface area contributed by atoms with Gasteiger partial charge in [-0.05, 0) is 46.5 Å². The lowest BCUT2D eigenvalue weighted by Gasteiger charge is -2.11. The third-order valence-electron chi connectivity index (χ3n) is 8.96. The number of furan rings is 2. The molecular weight excluding hydrogens is 615 g/mol. The molecule has 9 aromatic rings. The van der Waals surface area contributed by atoms with Crippen molar-refractivity contribution in [1.82, 2.24) is 15.0 Å². The Balaban J connectivity index is 1.31. The van der Waals surface area contributed by atoms with Gasteiger partial charge in [0.05, 0.1) is 5.56 Å². The molecule has 0 unspecified atom stereocenters. The van der Waals surface area contributed by atoms with Gasteiger partial charge in [0.25, 0.3) is 0 Å². The lowest BCUT2D eigenvalue weighted by Crippen LogP contribution is -2.01. The van der Waals surface area contributed by atoms with Crippen LogP contribution >= 0.6 is 0 Å². The quantitative estimate of drug-likeness (QED) is 0.162. The van der Waals surface area contributed by atoms with E-state index in [2.05, 4.69) is 61.2 Å². The molecule has 0 aliphatic carbocycles. The van der Waals surface area contributed by atoms with E-state index in [1.807, 2.05) is 103 Å². The fraction of sp³-hybridized carbons (Fsp3) is 0. The number of para-hydroxylation sites is 1. The molecule has 236 valence electrons. The molecule has 50 heavy (non-hydrogen) atoms. The monoisotopic (exact) mass is 643 g/mol. The van der Waals surface area contributed by atoms with Gasteiger partial charge in [-0.25, -0.2) is 15.0 Å². The first-order valence-electron chi connectivity index (χ1n) is 16.5. The topological polar surface area (TPSA) is 65.0 Å². The summed E-state index contributed by atoms with van der Waals surface area (Å²) in [6.45, 7) is 3.91. The van der Waals surface area contributed by atoms with E-state index in [1.54, 1.807) is 6.08 Å². The third-order valence-corrected chi connectivity index (χ3v) is 8.96. The Kier molecular flexibility index (Phi) is 7.21. The van der Waals surface area contributed by atoms with E-state index in [0.717, 1.165) is 71.9 Å². The summed E-state index contributed by atoms with van der Waals surface area (Å²) in [7, 11) is 0. The predicted octanol–water partition coefficient (Wildman–Crippen LogP) is 12.1. The highest BCUT2D eigenvalue weighted by molar-refractivity contribution is 6.17. The van der Waals surface area contributed by atoms with E-state index in [9.17, 15) is 0 Å². The van der Waals surface area contributed by atoms with Crippen molar-refractivity contribution < 1.29 is 8.83 Å². The van der Waals surface area contributed by atoms with Crippen LogP contribution in [0.2, 0.25) is 0 Å². The second kappa shape index (κ2) is 12.3. The second-order valence-corrected chi connectivity index (χ2v) is 12.0. The normalized spacial score (nSPS) is 11.6. The van der Waals surface area contributed by atoms with Crippen LogP contribution in [0.5, 0.6) is 0 Å². The summed E-state index contributed by atoms with van der Waals surface area (Å²) in [6, 6.07) is 49.2. The summed E-state index contributed by atoms with van der Waals surface area (Å²) in [4.78, 5) is 15.3. The van der Waals surface area contributed by atoms with Gasteiger partial charge in [0.15, 0.2) is 17.5 Å². The van der Waals surface area contributed by atoms with Crippen molar-refractivity contribution >= 4 is 39.0 Å². The molecule has 3 aromatic heterocycles. The van der Waals surface area contributed by atoms with Crippen molar-refractivity contribution in [3.05, 3.63) is 170 Å². The van der Waals surface area contributed by atoms with E-state index in [-0.39, 0.29) is 0 Å². The van der Waals surface area contributed by atoms with E-state index in [0.29, 0.717) is 23.2 Å². The minimum Gasteiger partial charge on any atom is -0.456 e. The van der Waals surface area contributed by atoms with Crippen molar-refractivity contribution in [1.29, 1.82) is 0 Å². The average Bonchev–Trinajstić information content (AvgIpc) is 3.76. The molecule has 0 bridgehead atoms. The lowest BCUT2D eigenvalue weighted by atomic mass is 9.94. The molecule has 0 aliphatic heterocycles. The number of hydrogen-bond acceptors (Lipinski definition) is 5. The zero-order valence-corrected chi connectivity index (χ0v) is 27.0. The second-order valence-electron chi connectivity index (χ2n) is 12.0. The van der Waals surface area contributed by atoms with Crippen LogP contribution < -0.4 is 0 Å². The zero-order chi connectivity index (χ0) is 33.4. The lowest BCUT2D eigenvalue weighted by molar-refractivity contribution is 0.605. The van der Waals surface area contributed by atoms with Crippen molar-refractivity contribution in [3.63, 3.8) is 0 Å². The van der Waals surface area contributed by atoms with Gasteiger partial charge in [-0.15, -0.1) is 0 Å². The molecule has 0 saturated heterocycles. The summed E-state index contributed by atoms with van der Waals surface area (Å²) in [5.74, 6) is 2.29. The van der Waals surface area contributed by atoms with Crippen molar-refractivity contribution in [2.45, 2.75) is 0 Å². The molecule has 0 aliphatic rings. The Morgan fingerprint density at radius 2 is 0.960 bits per heavy atom. The number of nitrogens with zero attached hydrogens (tertiary/aromatic N) is 3. The van der Waals surface area contributed by atoms with Gasteiger partial charge in [0, 0.05) is 27.3 Å². The van der Waals surface area contributed by atoms with Crippen molar-refractivity contribution in [2.75, 3.05) is 0 Å². The van der Waals surface area contributed by atoms with E-state index in [4.69, 9.17) is 23.8 Å². The highest BCUT2D eigenvalue weighted by Gasteiger charge is 2.24. The van der Waals surface area contributed by atoms with Crippen LogP contribution in [0.3, 0.4) is 0 Å². The molecule has 0 N–H and O–H groups in total. The molecule has 0 fully saturated rings. The number of rotatable bonds is 7. The largest absolute Gasteiger partial charge is 0.456 e. The van der Waals surface area contributed by atoms with Gasteiger partial charge >= 0.3 is 0 Å². The van der Waals surface area contributed by atoms with E-state index >= 15 is 0 Å². The molecule has 9 rings (SSSR count). The van der Waals surface area contributed by atoms with E-state index in [1.165, 1.54) is 0 Å². The predicted molar refractivity (Wildman–Crippen MR) is 203 cm³/mol. The van der Waals surface area contributed by atoms with E-state index < -0.39 is 0 Å². The third kappa shape index (κ3) is 5.09. The van der Waals surface area contributed by atoms with Gasteiger partial charge in [-0.2, -0.15) is 0 Å². The van der Waals surface area contributed by atoms with Crippen molar-refractivity contribution in [2.24, 2.45) is 0 Å². The van der Waals surface area contributed by atoms with Crippen LogP contribution in [-0.2, 0) is 0 Å². The molecule has 5 nitrogen and oxygen atoms in total. The van der Waals surface area contributed by atoms with Gasteiger partial charge in [-0.3, -0.25) is 0 Å². The molecule has 0 atom stereocenters. The van der Waals surface area contributed by atoms with Gasteiger partial charge < -0.3 is 8.83 Å². The number of aromatic nitrogens is 3. The maximum atomic E-state index is 6.60. The van der Waals surface area contributed by atoms with Crippen molar-refractivity contribution in [3.8, 4) is 56.4 Å². The van der Waals surface area contributed by atoms with Crippen LogP contribution in [0, 0.1) is 0 Å². The number of allylic oxidation sites excluding steroid dienone is 2. The number of hydrogen-bond donors (Lipinski definition) is 0. The first-order valence-corrected chi connectivity index (χ1v) is 16.5. The number of benzene rings is 6. The van der Waals surface area contributed by atoms with Crippen LogP contribution in [-0.4, -0.2) is 15.0 Å². The molecule has 0 spiro atoms. The Hall–Kier alpha value is -6.85. The molecule has 0 radical (unpaired) electrons.